The SMILES string of the molecule is COc1cc(C(=O)Nc2nc3c(ccc4ccccc43)s2)cc(NC(=O)c2cccs2)c1OC. The molecular formula is C25H19N3O4S2. The quantitative estimate of drug-likeness (QED) is 0.304. The smallest absolute Gasteiger partial charge is 0.265 e. The van der Waals surface area contributed by atoms with Crippen LogP contribution in [0.3, 0.4) is 0 Å². The number of aromatic nitrogens is 1. The number of benzene rings is 3. The van der Waals surface area contributed by atoms with Crippen LogP contribution in [0.25, 0.3) is 21.0 Å². The van der Waals surface area contributed by atoms with E-state index in [0.717, 1.165) is 21.0 Å². The number of rotatable bonds is 6. The van der Waals surface area contributed by atoms with Gasteiger partial charge in [0.15, 0.2) is 16.6 Å². The van der Waals surface area contributed by atoms with Gasteiger partial charge in [0.05, 0.1) is 35.0 Å². The Labute approximate surface area is 203 Å². The Hall–Kier alpha value is -3.95. The molecule has 7 nitrogen and oxygen atoms in total. The van der Waals surface area contributed by atoms with E-state index >= 15 is 0 Å². The van der Waals surface area contributed by atoms with Crippen LogP contribution in [-0.2, 0) is 0 Å². The lowest BCUT2D eigenvalue weighted by Gasteiger charge is -2.15. The predicted molar refractivity (Wildman–Crippen MR) is 137 cm³/mol. The lowest BCUT2D eigenvalue weighted by atomic mass is 10.1. The monoisotopic (exact) mass is 489 g/mol. The van der Waals surface area contributed by atoms with Gasteiger partial charge in [0.1, 0.15) is 0 Å². The Morgan fingerprint density at radius 3 is 2.53 bits per heavy atom. The van der Waals surface area contributed by atoms with Crippen LogP contribution in [0.5, 0.6) is 11.5 Å². The van der Waals surface area contributed by atoms with E-state index in [2.05, 4.69) is 15.6 Å². The van der Waals surface area contributed by atoms with Gasteiger partial charge in [-0.05, 0) is 35.0 Å². The molecule has 0 unspecified atom stereocenters. The molecule has 34 heavy (non-hydrogen) atoms. The fourth-order valence-electron chi connectivity index (χ4n) is 3.66. The third-order valence-electron chi connectivity index (χ3n) is 5.24. The van der Waals surface area contributed by atoms with E-state index in [1.807, 2.05) is 41.8 Å². The molecule has 0 saturated heterocycles. The van der Waals surface area contributed by atoms with Gasteiger partial charge in [-0.15, -0.1) is 11.3 Å². The van der Waals surface area contributed by atoms with Crippen molar-refractivity contribution in [3.05, 3.63) is 76.5 Å². The zero-order valence-corrected chi connectivity index (χ0v) is 19.9. The minimum absolute atomic E-state index is 0.295. The first-order valence-corrected chi connectivity index (χ1v) is 12.0. The maximum absolute atomic E-state index is 13.1. The zero-order valence-electron chi connectivity index (χ0n) is 18.2. The number of methoxy groups -OCH3 is 2. The van der Waals surface area contributed by atoms with Gasteiger partial charge in [-0.2, -0.15) is 0 Å². The number of fused-ring (bicyclic) bond motifs is 3. The van der Waals surface area contributed by atoms with Crippen LogP contribution in [0.15, 0.2) is 66.0 Å². The van der Waals surface area contributed by atoms with Gasteiger partial charge < -0.3 is 14.8 Å². The van der Waals surface area contributed by atoms with Crippen LogP contribution in [0.4, 0.5) is 10.8 Å². The average molecular weight is 490 g/mol. The zero-order chi connectivity index (χ0) is 23.7. The fraction of sp³-hybridized carbons (Fsp3) is 0.0800. The number of hydrogen-bond acceptors (Lipinski definition) is 7. The van der Waals surface area contributed by atoms with Crippen LogP contribution >= 0.6 is 22.7 Å². The molecule has 9 heteroatoms. The molecule has 0 aliphatic rings. The summed E-state index contributed by atoms with van der Waals surface area (Å²) in [7, 11) is 2.95. The summed E-state index contributed by atoms with van der Waals surface area (Å²) in [5.74, 6) is -0.0239. The van der Waals surface area contributed by atoms with Gasteiger partial charge >= 0.3 is 0 Å². The molecule has 0 aliphatic carbocycles. The molecule has 170 valence electrons. The number of carbonyl (C=O) groups is 2. The Kier molecular flexibility index (Phi) is 5.87. The first kappa shape index (κ1) is 21.9. The van der Waals surface area contributed by atoms with Crippen LogP contribution in [0.1, 0.15) is 20.0 Å². The van der Waals surface area contributed by atoms with Crippen molar-refractivity contribution in [2.45, 2.75) is 0 Å². The number of thiophene rings is 1. The van der Waals surface area contributed by atoms with E-state index < -0.39 is 0 Å². The summed E-state index contributed by atoms with van der Waals surface area (Å²) in [6.07, 6.45) is 0. The first-order chi connectivity index (χ1) is 16.6. The Morgan fingerprint density at radius 2 is 1.76 bits per heavy atom. The summed E-state index contributed by atoms with van der Waals surface area (Å²) in [6.45, 7) is 0. The molecule has 0 spiro atoms. The van der Waals surface area contributed by atoms with Crippen LogP contribution in [0, 0.1) is 0 Å². The molecule has 5 aromatic rings. The second-order valence-electron chi connectivity index (χ2n) is 7.30. The van der Waals surface area contributed by atoms with E-state index in [0.29, 0.717) is 32.8 Å². The maximum atomic E-state index is 13.1. The summed E-state index contributed by atoms with van der Waals surface area (Å²) in [5.41, 5.74) is 1.47. The number of hydrogen-bond donors (Lipinski definition) is 2. The van der Waals surface area contributed by atoms with Gasteiger partial charge in [-0.1, -0.05) is 47.7 Å². The molecule has 0 fully saturated rings. The third kappa shape index (κ3) is 4.07. The van der Waals surface area contributed by atoms with Crippen molar-refractivity contribution in [1.82, 2.24) is 4.98 Å². The van der Waals surface area contributed by atoms with Gasteiger partial charge in [-0.25, -0.2) is 4.98 Å². The largest absolute Gasteiger partial charge is 0.493 e. The molecular weight excluding hydrogens is 470 g/mol. The summed E-state index contributed by atoms with van der Waals surface area (Å²) in [6, 6.07) is 18.7. The summed E-state index contributed by atoms with van der Waals surface area (Å²) >= 11 is 2.72. The van der Waals surface area contributed by atoms with Gasteiger partial charge in [-0.3, -0.25) is 14.9 Å². The number of amides is 2. The lowest BCUT2D eigenvalue weighted by molar-refractivity contribution is 0.101. The van der Waals surface area contributed by atoms with Crippen molar-refractivity contribution in [3.8, 4) is 11.5 Å². The second kappa shape index (κ2) is 9.12. The highest BCUT2D eigenvalue weighted by atomic mass is 32.1. The molecule has 0 bridgehead atoms. The molecule has 2 N–H and O–H groups in total. The standard InChI is InChI=1S/C25H19N3O4S2/c1-31-18-13-15(12-17(22(18)32-2)26-24(30)20-8-5-11-33-20)23(29)28-25-27-21-16-7-4-3-6-14(16)9-10-19(21)34-25/h3-13H,1-2H3,(H,26,30)(H,27,28,29). The summed E-state index contributed by atoms with van der Waals surface area (Å²) < 4.78 is 11.8. The molecule has 5 rings (SSSR count). The second-order valence-corrected chi connectivity index (χ2v) is 9.28. The van der Waals surface area contributed by atoms with E-state index in [1.54, 1.807) is 24.3 Å². The van der Waals surface area contributed by atoms with E-state index in [-0.39, 0.29) is 11.8 Å². The molecule has 2 aromatic heterocycles. The Bertz CT molecular complexity index is 1530. The number of thiazole rings is 1. The lowest BCUT2D eigenvalue weighted by Crippen LogP contribution is -2.15. The minimum Gasteiger partial charge on any atom is -0.493 e. The fourth-order valence-corrected chi connectivity index (χ4v) is 5.16. The van der Waals surface area contributed by atoms with Crippen molar-refractivity contribution in [2.75, 3.05) is 24.9 Å². The summed E-state index contributed by atoms with van der Waals surface area (Å²) in [5, 5.41) is 10.1. The normalized spacial score (nSPS) is 10.9. The number of nitrogens with zero attached hydrogens (tertiary/aromatic N) is 1. The van der Waals surface area contributed by atoms with Gasteiger partial charge in [0.25, 0.3) is 11.8 Å². The molecule has 3 aromatic carbocycles. The third-order valence-corrected chi connectivity index (χ3v) is 7.04. The highest BCUT2D eigenvalue weighted by Crippen LogP contribution is 2.38. The average Bonchev–Trinajstić information content (AvgIpc) is 3.53. The maximum Gasteiger partial charge on any atom is 0.265 e. The molecule has 0 saturated carbocycles. The molecule has 0 aliphatic heterocycles. The van der Waals surface area contributed by atoms with Crippen LogP contribution in [0.2, 0.25) is 0 Å². The van der Waals surface area contributed by atoms with Crippen molar-refractivity contribution in [1.29, 1.82) is 0 Å². The summed E-state index contributed by atoms with van der Waals surface area (Å²) in [4.78, 5) is 30.9. The Balaban J connectivity index is 1.47. The molecule has 2 heterocycles. The van der Waals surface area contributed by atoms with Crippen molar-refractivity contribution in [3.63, 3.8) is 0 Å². The predicted octanol–water partition coefficient (Wildman–Crippen LogP) is 6.03. The molecule has 2 amide bonds. The number of ether oxygens (including phenoxy) is 2. The van der Waals surface area contributed by atoms with Crippen LogP contribution < -0.4 is 20.1 Å². The topological polar surface area (TPSA) is 89.5 Å². The van der Waals surface area contributed by atoms with Crippen molar-refractivity contribution in [2.24, 2.45) is 0 Å². The highest BCUT2D eigenvalue weighted by molar-refractivity contribution is 7.22. The number of nitrogens with one attached hydrogen (secondary N) is 2. The minimum atomic E-state index is -0.379. The molecule has 0 radical (unpaired) electrons. The Morgan fingerprint density at radius 1 is 0.912 bits per heavy atom. The van der Waals surface area contributed by atoms with Gasteiger partial charge in [0.2, 0.25) is 0 Å². The van der Waals surface area contributed by atoms with E-state index in [4.69, 9.17) is 9.47 Å². The van der Waals surface area contributed by atoms with Crippen molar-refractivity contribution >= 4 is 66.3 Å². The van der Waals surface area contributed by atoms with Crippen LogP contribution in [-0.4, -0.2) is 31.0 Å². The number of carbonyl (C=O) groups excluding carboxylic acids is 2. The van der Waals surface area contributed by atoms with E-state index in [9.17, 15) is 9.59 Å². The number of anilines is 2. The van der Waals surface area contributed by atoms with E-state index in [1.165, 1.54) is 36.9 Å². The van der Waals surface area contributed by atoms with Crippen molar-refractivity contribution < 1.29 is 19.1 Å². The van der Waals surface area contributed by atoms with Gasteiger partial charge in [0, 0.05) is 10.9 Å². The first-order valence-electron chi connectivity index (χ1n) is 10.3. The highest BCUT2D eigenvalue weighted by Gasteiger charge is 2.20. The molecule has 0 atom stereocenters.